The minimum atomic E-state index is -0.218. The summed E-state index contributed by atoms with van der Waals surface area (Å²) in [7, 11) is 0. The van der Waals surface area contributed by atoms with Gasteiger partial charge in [0, 0.05) is 41.0 Å². The van der Waals surface area contributed by atoms with E-state index in [1.165, 1.54) is 4.90 Å². The van der Waals surface area contributed by atoms with Crippen molar-refractivity contribution in [2.75, 3.05) is 23.8 Å². The lowest BCUT2D eigenvalue weighted by molar-refractivity contribution is 0.0610. The molecule has 4 aromatic carbocycles. The summed E-state index contributed by atoms with van der Waals surface area (Å²) in [6.07, 6.45) is 0.658. The number of nitrogens with two attached hydrogens (primary N) is 1. The molecule has 33 heavy (non-hydrogen) atoms. The zero-order valence-electron chi connectivity index (χ0n) is 18.0. The van der Waals surface area contributed by atoms with Gasteiger partial charge < -0.3 is 10.7 Å². The number of nitrogens with zero attached hydrogens (tertiary/aromatic N) is 1. The van der Waals surface area contributed by atoms with Crippen LogP contribution in [-0.2, 0) is 0 Å². The number of nitrogen functional groups attached to an aromatic ring is 1. The third-order valence-electron chi connectivity index (χ3n) is 6.01. The van der Waals surface area contributed by atoms with Crippen LogP contribution < -0.4 is 16.6 Å². The van der Waals surface area contributed by atoms with Crippen molar-refractivity contribution in [3.8, 4) is 11.1 Å². The molecule has 0 aromatic heterocycles. The fraction of sp³-hybridized carbons (Fsp3) is 0.111. The average Bonchev–Trinajstić information content (AvgIpc) is 2.87. The number of hydrazine groups is 1. The van der Waals surface area contributed by atoms with Gasteiger partial charge in [0.15, 0.2) is 0 Å². The summed E-state index contributed by atoms with van der Waals surface area (Å²) in [6, 6.07) is 27.3. The van der Waals surface area contributed by atoms with E-state index in [0.717, 1.165) is 33.3 Å². The van der Waals surface area contributed by atoms with Crippen LogP contribution in [0.15, 0.2) is 84.9 Å². The van der Waals surface area contributed by atoms with E-state index < -0.39 is 0 Å². The van der Waals surface area contributed by atoms with Gasteiger partial charge in [0.25, 0.3) is 11.8 Å². The second-order valence-corrected chi connectivity index (χ2v) is 8.05. The van der Waals surface area contributed by atoms with Gasteiger partial charge in [-0.05, 0) is 59.3 Å². The summed E-state index contributed by atoms with van der Waals surface area (Å²) in [5, 5.41) is 5.06. The summed E-state index contributed by atoms with van der Waals surface area (Å²) >= 11 is 0. The van der Waals surface area contributed by atoms with Crippen LogP contribution in [0.1, 0.15) is 27.1 Å². The highest BCUT2D eigenvalue weighted by atomic mass is 16.2. The van der Waals surface area contributed by atoms with Gasteiger partial charge >= 0.3 is 0 Å². The first kappa shape index (κ1) is 20.7. The standard InChI is InChI=1S/C27H24N4O2/c28-30-22-14-10-19(11-15-22)18-8-12-21(13-9-18)29-16-3-17-31-26(32)23-6-1-4-20-5-2-7-24(25(20)23)27(31)33/h1-2,4-15,29-30H,3,16-17,28H2. The molecule has 0 bridgehead atoms. The second kappa shape index (κ2) is 8.76. The number of anilines is 2. The molecule has 0 spiro atoms. The Hall–Kier alpha value is -4.16. The van der Waals surface area contributed by atoms with Gasteiger partial charge in [0.1, 0.15) is 0 Å². The molecule has 164 valence electrons. The van der Waals surface area contributed by atoms with Crippen LogP contribution in [0.3, 0.4) is 0 Å². The average molecular weight is 437 g/mol. The maximum Gasteiger partial charge on any atom is 0.261 e. The molecule has 6 nitrogen and oxygen atoms in total. The lowest BCUT2D eigenvalue weighted by Crippen LogP contribution is -2.41. The molecular weight excluding hydrogens is 412 g/mol. The zero-order chi connectivity index (χ0) is 22.8. The van der Waals surface area contributed by atoms with Crippen LogP contribution in [0, 0.1) is 0 Å². The molecule has 1 aliphatic rings. The van der Waals surface area contributed by atoms with Crippen LogP contribution >= 0.6 is 0 Å². The van der Waals surface area contributed by atoms with Crippen molar-refractivity contribution in [1.82, 2.24) is 4.90 Å². The van der Waals surface area contributed by atoms with Gasteiger partial charge in [0.2, 0.25) is 0 Å². The molecule has 2 amide bonds. The summed E-state index contributed by atoms with van der Waals surface area (Å²) in [4.78, 5) is 27.3. The van der Waals surface area contributed by atoms with E-state index >= 15 is 0 Å². The molecule has 0 fully saturated rings. The van der Waals surface area contributed by atoms with Gasteiger partial charge in [-0.2, -0.15) is 0 Å². The van der Waals surface area contributed by atoms with Gasteiger partial charge in [-0.1, -0.05) is 48.5 Å². The number of nitrogens with one attached hydrogen (secondary N) is 2. The fourth-order valence-electron chi connectivity index (χ4n) is 4.29. The monoisotopic (exact) mass is 436 g/mol. The Morgan fingerprint density at radius 2 is 1.24 bits per heavy atom. The summed E-state index contributed by atoms with van der Waals surface area (Å²) in [6.45, 7) is 1.02. The summed E-state index contributed by atoms with van der Waals surface area (Å²) in [5.41, 5.74) is 7.90. The first-order chi connectivity index (χ1) is 16.2. The predicted molar refractivity (Wildman–Crippen MR) is 132 cm³/mol. The highest BCUT2D eigenvalue weighted by Crippen LogP contribution is 2.30. The topological polar surface area (TPSA) is 87.5 Å². The number of rotatable bonds is 7. The number of imide groups is 1. The summed E-state index contributed by atoms with van der Waals surface area (Å²) < 4.78 is 0. The lowest BCUT2D eigenvalue weighted by Gasteiger charge is -2.27. The molecule has 0 saturated carbocycles. The van der Waals surface area contributed by atoms with E-state index in [0.29, 0.717) is 30.6 Å². The number of hydrogen-bond acceptors (Lipinski definition) is 5. The Balaban J connectivity index is 1.20. The minimum absolute atomic E-state index is 0.218. The van der Waals surface area contributed by atoms with Gasteiger partial charge in [-0.25, -0.2) is 0 Å². The van der Waals surface area contributed by atoms with E-state index in [1.54, 1.807) is 12.1 Å². The first-order valence-electron chi connectivity index (χ1n) is 10.9. The Bertz CT molecular complexity index is 1280. The van der Waals surface area contributed by atoms with E-state index in [4.69, 9.17) is 5.84 Å². The SMILES string of the molecule is NNc1ccc(-c2ccc(NCCCN3C(=O)c4cccc5cccc(c45)C3=O)cc2)cc1. The van der Waals surface area contributed by atoms with Crippen molar-refractivity contribution in [3.05, 3.63) is 96.1 Å². The number of amides is 2. The molecule has 5 rings (SSSR count). The molecular formula is C27H24N4O2. The number of carbonyl (C=O) groups is 2. The van der Waals surface area contributed by atoms with Crippen molar-refractivity contribution in [1.29, 1.82) is 0 Å². The van der Waals surface area contributed by atoms with E-state index in [1.807, 2.05) is 60.7 Å². The van der Waals surface area contributed by atoms with E-state index in [2.05, 4.69) is 22.9 Å². The smallest absolute Gasteiger partial charge is 0.261 e. The van der Waals surface area contributed by atoms with Crippen LogP contribution in [0.2, 0.25) is 0 Å². The third-order valence-corrected chi connectivity index (χ3v) is 6.01. The number of benzene rings is 4. The van der Waals surface area contributed by atoms with Crippen LogP contribution in [-0.4, -0.2) is 29.8 Å². The Labute approximate surface area is 192 Å². The fourth-order valence-corrected chi connectivity index (χ4v) is 4.29. The molecule has 0 aliphatic carbocycles. The molecule has 0 atom stereocenters. The van der Waals surface area contributed by atoms with Crippen molar-refractivity contribution in [2.24, 2.45) is 5.84 Å². The van der Waals surface area contributed by atoms with Gasteiger partial charge in [-0.3, -0.25) is 20.3 Å². The molecule has 6 heteroatoms. The first-order valence-corrected chi connectivity index (χ1v) is 10.9. The van der Waals surface area contributed by atoms with E-state index in [-0.39, 0.29) is 11.8 Å². The van der Waals surface area contributed by atoms with E-state index in [9.17, 15) is 9.59 Å². The normalized spacial score (nSPS) is 12.8. The van der Waals surface area contributed by atoms with Crippen molar-refractivity contribution >= 4 is 34.0 Å². The number of hydrogen-bond donors (Lipinski definition) is 3. The van der Waals surface area contributed by atoms with Crippen molar-refractivity contribution in [3.63, 3.8) is 0 Å². The van der Waals surface area contributed by atoms with Crippen LogP contribution in [0.4, 0.5) is 11.4 Å². The minimum Gasteiger partial charge on any atom is -0.385 e. The molecule has 4 N–H and O–H groups in total. The van der Waals surface area contributed by atoms with Crippen molar-refractivity contribution in [2.45, 2.75) is 6.42 Å². The molecule has 0 saturated heterocycles. The Morgan fingerprint density at radius 1 is 0.697 bits per heavy atom. The zero-order valence-corrected chi connectivity index (χ0v) is 18.0. The quantitative estimate of drug-likeness (QED) is 0.166. The maximum atomic E-state index is 13.0. The van der Waals surface area contributed by atoms with Gasteiger partial charge in [-0.15, -0.1) is 0 Å². The Kier molecular flexibility index (Phi) is 5.50. The molecule has 0 radical (unpaired) electrons. The second-order valence-electron chi connectivity index (χ2n) is 8.05. The highest BCUT2D eigenvalue weighted by Gasteiger charge is 2.31. The molecule has 1 aliphatic heterocycles. The maximum absolute atomic E-state index is 13.0. The van der Waals surface area contributed by atoms with Crippen LogP contribution in [0.5, 0.6) is 0 Å². The lowest BCUT2D eigenvalue weighted by atomic mass is 9.94. The molecule has 4 aromatic rings. The highest BCUT2D eigenvalue weighted by molar-refractivity contribution is 6.25. The Morgan fingerprint density at radius 3 is 1.79 bits per heavy atom. The largest absolute Gasteiger partial charge is 0.385 e. The third kappa shape index (κ3) is 3.92. The van der Waals surface area contributed by atoms with Crippen LogP contribution in [0.25, 0.3) is 21.9 Å². The van der Waals surface area contributed by atoms with Crippen molar-refractivity contribution < 1.29 is 9.59 Å². The predicted octanol–water partition coefficient (Wildman–Crippen LogP) is 4.89. The number of carbonyl (C=O) groups excluding carboxylic acids is 2. The molecule has 0 unspecified atom stereocenters. The molecule has 1 heterocycles. The summed E-state index contributed by atoms with van der Waals surface area (Å²) in [5.74, 6) is 4.98. The van der Waals surface area contributed by atoms with Gasteiger partial charge in [0.05, 0.1) is 0 Å².